The van der Waals surface area contributed by atoms with E-state index in [1.807, 2.05) is 0 Å². The molecule has 0 spiro atoms. The molecule has 1 heterocycles. The molecule has 0 N–H and O–H groups in total. The number of esters is 1. The van der Waals surface area contributed by atoms with Crippen LogP contribution in [-0.4, -0.2) is 29.7 Å². The van der Waals surface area contributed by atoms with Gasteiger partial charge in [-0.05, 0) is 36.8 Å². The molecule has 0 radical (unpaired) electrons. The van der Waals surface area contributed by atoms with Crippen molar-refractivity contribution in [3.8, 4) is 0 Å². The molecule has 0 aliphatic carbocycles. The molecule has 1 aliphatic rings. The van der Waals surface area contributed by atoms with Gasteiger partial charge in [0.15, 0.2) is 6.10 Å². The van der Waals surface area contributed by atoms with Gasteiger partial charge in [-0.2, -0.15) is 0 Å². The minimum absolute atomic E-state index is 0.0743. The van der Waals surface area contributed by atoms with Crippen LogP contribution in [0.2, 0.25) is 5.02 Å². The molecule has 3 aromatic carbocycles. The number of hydrogen-bond donors (Lipinski definition) is 0. The molecule has 3 aromatic rings. The smallest absolute Gasteiger partial charge is 0.338 e. The number of Topliss-reactive ketones (excluding diaryl/α,β-unsaturated/α-hetero) is 1. The summed E-state index contributed by atoms with van der Waals surface area (Å²) in [5, 5.41) is 0.256. The van der Waals surface area contributed by atoms with Gasteiger partial charge in [-0.1, -0.05) is 61.0 Å². The number of rotatable bonds is 6. The van der Waals surface area contributed by atoms with Gasteiger partial charge in [0, 0.05) is 5.56 Å². The first-order valence-corrected chi connectivity index (χ1v) is 10.4. The van der Waals surface area contributed by atoms with Gasteiger partial charge in [0.05, 0.1) is 27.4 Å². The number of para-hydroxylation sites is 1. The van der Waals surface area contributed by atoms with Crippen molar-refractivity contribution < 1.29 is 23.9 Å². The lowest BCUT2D eigenvalue weighted by molar-refractivity contribution is 0.0277. The number of amides is 2. The second kappa shape index (κ2) is 8.77. The first kappa shape index (κ1) is 21.5. The van der Waals surface area contributed by atoms with E-state index in [9.17, 15) is 19.2 Å². The number of imide groups is 1. The van der Waals surface area contributed by atoms with Crippen LogP contribution in [0.25, 0.3) is 0 Å². The van der Waals surface area contributed by atoms with Gasteiger partial charge in [-0.15, -0.1) is 0 Å². The fourth-order valence-corrected chi connectivity index (χ4v) is 3.75. The van der Waals surface area contributed by atoms with Crippen LogP contribution in [0, 0.1) is 0 Å². The molecule has 1 aliphatic heterocycles. The third-order valence-corrected chi connectivity index (χ3v) is 5.51. The number of hydrogen-bond acceptors (Lipinski definition) is 5. The van der Waals surface area contributed by atoms with E-state index in [1.54, 1.807) is 61.5 Å². The summed E-state index contributed by atoms with van der Waals surface area (Å²) in [6.07, 6.45) is -0.669. The zero-order chi connectivity index (χ0) is 22.8. The van der Waals surface area contributed by atoms with Gasteiger partial charge in [0.1, 0.15) is 0 Å². The molecule has 1 unspecified atom stereocenters. The highest BCUT2D eigenvalue weighted by Crippen LogP contribution is 2.33. The Morgan fingerprint density at radius 1 is 0.875 bits per heavy atom. The summed E-state index contributed by atoms with van der Waals surface area (Å²) < 4.78 is 5.43. The average molecular weight is 448 g/mol. The van der Waals surface area contributed by atoms with E-state index in [0.29, 0.717) is 12.0 Å². The highest BCUT2D eigenvalue weighted by atomic mass is 35.5. The number of anilines is 1. The van der Waals surface area contributed by atoms with Gasteiger partial charge >= 0.3 is 5.97 Å². The lowest BCUT2D eigenvalue weighted by Crippen LogP contribution is -2.29. The Bertz CT molecular complexity index is 1240. The number of benzene rings is 3. The predicted octanol–water partition coefficient (Wildman–Crippen LogP) is 4.96. The molecule has 0 saturated carbocycles. The first-order valence-electron chi connectivity index (χ1n) is 10.00. The Labute approximate surface area is 189 Å². The van der Waals surface area contributed by atoms with Gasteiger partial charge in [0.25, 0.3) is 11.8 Å². The van der Waals surface area contributed by atoms with Gasteiger partial charge in [0.2, 0.25) is 5.78 Å². The molecule has 32 heavy (non-hydrogen) atoms. The highest BCUT2D eigenvalue weighted by Gasteiger charge is 2.38. The lowest BCUT2D eigenvalue weighted by atomic mass is 10.0. The minimum Gasteiger partial charge on any atom is -0.450 e. The molecule has 6 nitrogen and oxygen atoms in total. The number of carbonyl (C=O) groups excluding carboxylic acids is 4. The molecule has 7 heteroatoms. The summed E-state index contributed by atoms with van der Waals surface area (Å²) in [5.74, 6) is -2.16. The molecule has 0 aromatic heterocycles. The Morgan fingerprint density at radius 2 is 1.53 bits per heavy atom. The molecule has 4 rings (SSSR count). The molecular weight excluding hydrogens is 430 g/mol. The summed E-state index contributed by atoms with van der Waals surface area (Å²) >= 11 is 6.16. The third-order valence-electron chi connectivity index (χ3n) is 5.19. The normalized spacial score (nSPS) is 13.6. The van der Waals surface area contributed by atoms with Crippen LogP contribution in [-0.2, 0) is 4.74 Å². The quantitative estimate of drug-likeness (QED) is 0.303. The molecule has 2 amide bonds. The fraction of sp³-hybridized carbons (Fsp3) is 0.120. The summed E-state index contributed by atoms with van der Waals surface area (Å²) in [6, 6.07) is 19.2. The van der Waals surface area contributed by atoms with Crippen LogP contribution in [0.4, 0.5) is 5.69 Å². The van der Waals surface area contributed by atoms with Gasteiger partial charge < -0.3 is 4.74 Å². The second-order valence-electron chi connectivity index (χ2n) is 7.19. The number of ether oxygens (including phenoxy) is 1. The van der Waals surface area contributed by atoms with E-state index in [-0.39, 0.29) is 33.2 Å². The third kappa shape index (κ3) is 3.81. The van der Waals surface area contributed by atoms with Crippen molar-refractivity contribution in [2.24, 2.45) is 0 Å². The van der Waals surface area contributed by atoms with Crippen molar-refractivity contribution in [1.82, 2.24) is 0 Å². The van der Waals surface area contributed by atoms with Crippen molar-refractivity contribution in [1.29, 1.82) is 0 Å². The molecule has 0 saturated heterocycles. The molecule has 160 valence electrons. The Morgan fingerprint density at radius 3 is 2.22 bits per heavy atom. The Hall–Kier alpha value is -3.77. The number of nitrogens with zero attached hydrogens (tertiary/aromatic N) is 1. The molecule has 0 bridgehead atoms. The van der Waals surface area contributed by atoms with Gasteiger partial charge in [-0.25, -0.2) is 9.69 Å². The van der Waals surface area contributed by atoms with Crippen molar-refractivity contribution >= 4 is 40.9 Å². The topological polar surface area (TPSA) is 80.8 Å². The largest absolute Gasteiger partial charge is 0.450 e. The van der Waals surface area contributed by atoms with E-state index < -0.39 is 23.9 Å². The second-order valence-corrected chi connectivity index (χ2v) is 7.60. The Balaban J connectivity index is 1.58. The van der Waals surface area contributed by atoms with E-state index >= 15 is 0 Å². The summed E-state index contributed by atoms with van der Waals surface area (Å²) in [4.78, 5) is 52.1. The monoisotopic (exact) mass is 447 g/mol. The number of carbonyl (C=O) groups is 4. The summed E-state index contributed by atoms with van der Waals surface area (Å²) in [7, 11) is 0. The van der Waals surface area contributed by atoms with E-state index in [0.717, 1.165) is 4.90 Å². The minimum atomic E-state index is -0.963. The van der Waals surface area contributed by atoms with Crippen LogP contribution in [0.5, 0.6) is 0 Å². The summed E-state index contributed by atoms with van der Waals surface area (Å²) in [6.45, 7) is 1.74. The predicted molar refractivity (Wildman–Crippen MR) is 119 cm³/mol. The van der Waals surface area contributed by atoms with Crippen LogP contribution in [0.3, 0.4) is 0 Å². The summed E-state index contributed by atoms with van der Waals surface area (Å²) in [5.41, 5.74) is 1.03. The van der Waals surface area contributed by atoms with Crippen molar-refractivity contribution in [3.63, 3.8) is 0 Å². The maximum atomic E-state index is 12.9. The molecule has 0 fully saturated rings. The van der Waals surface area contributed by atoms with Crippen molar-refractivity contribution in [2.75, 3.05) is 4.90 Å². The SMILES string of the molecule is CCC(OC(=O)c1ccc2c(c1)C(=O)N(c1ccccc1Cl)C2=O)C(=O)c1ccccc1. The average Bonchev–Trinajstić information content (AvgIpc) is 3.07. The van der Waals surface area contributed by atoms with E-state index in [1.165, 1.54) is 18.2 Å². The highest BCUT2D eigenvalue weighted by molar-refractivity contribution is 6.39. The first-order chi connectivity index (χ1) is 15.4. The zero-order valence-corrected chi connectivity index (χ0v) is 17.8. The standard InChI is InChI=1S/C25H18ClNO5/c1-2-21(22(28)15-8-4-3-5-9-15)32-25(31)16-12-13-17-18(14-16)24(30)27(23(17)29)20-11-7-6-10-19(20)26/h3-14,21H,2H2,1H3. The molecule has 1 atom stereocenters. The number of halogens is 1. The zero-order valence-electron chi connectivity index (χ0n) is 17.1. The fourth-order valence-electron chi connectivity index (χ4n) is 3.53. The van der Waals surface area contributed by atoms with Crippen molar-refractivity contribution in [2.45, 2.75) is 19.4 Å². The van der Waals surface area contributed by atoms with Crippen LogP contribution < -0.4 is 4.90 Å². The van der Waals surface area contributed by atoms with Crippen LogP contribution in [0.15, 0.2) is 72.8 Å². The lowest BCUT2D eigenvalue weighted by Gasteiger charge is -2.15. The van der Waals surface area contributed by atoms with Crippen molar-refractivity contribution in [3.05, 3.63) is 100 Å². The number of ketones is 1. The van der Waals surface area contributed by atoms with Gasteiger partial charge in [-0.3, -0.25) is 14.4 Å². The van der Waals surface area contributed by atoms with Crippen LogP contribution in [0.1, 0.15) is 54.8 Å². The molecular formula is C25H18ClNO5. The van der Waals surface area contributed by atoms with E-state index in [4.69, 9.17) is 16.3 Å². The maximum Gasteiger partial charge on any atom is 0.338 e. The maximum absolute atomic E-state index is 12.9. The van der Waals surface area contributed by atoms with E-state index in [2.05, 4.69) is 0 Å². The van der Waals surface area contributed by atoms with Crippen LogP contribution >= 0.6 is 11.6 Å². The number of fused-ring (bicyclic) bond motifs is 1. The Kier molecular flexibility index (Phi) is 5.88.